The highest BCUT2D eigenvalue weighted by Crippen LogP contribution is 2.31. The van der Waals surface area contributed by atoms with Crippen molar-refractivity contribution < 1.29 is 14.3 Å². The van der Waals surface area contributed by atoms with E-state index in [1.165, 1.54) is 16.9 Å². The first-order chi connectivity index (χ1) is 16.9. The molecule has 4 rings (SSSR count). The summed E-state index contributed by atoms with van der Waals surface area (Å²) in [6.07, 6.45) is 0. The van der Waals surface area contributed by atoms with Crippen LogP contribution in [-0.4, -0.2) is 61.1 Å². The second-order valence-electron chi connectivity index (χ2n) is 8.77. The zero-order valence-electron chi connectivity index (χ0n) is 20.8. The Morgan fingerprint density at radius 1 is 1.09 bits per heavy atom. The topological polar surface area (TPSA) is 74.8 Å². The predicted molar refractivity (Wildman–Crippen MR) is 141 cm³/mol. The van der Waals surface area contributed by atoms with E-state index >= 15 is 0 Å². The van der Waals surface area contributed by atoms with Crippen LogP contribution < -0.4 is 10.2 Å². The minimum absolute atomic E-state index is 0.0171. The minimum atomic E-state index is -0.226. The molecule has 35 heavy (non-hydrogen) atoms. The number of nitrogens with zero attached hydrogens (tertiary/aromatic N) is 3. The monoisotopic (exact) mass is 492 g/mol. The normalized spacial score (nSPS) is 13.5. The molecule has 2 aromatic carbocycles. The second kappa shape index (κ2) is 11.0. The number of carbonyl (C=O) groups excluding carboxylic acids is 2. The van der Waals surface area contributed by atoms with E-state index in [0.29, 0.717) is 22.8 Å². The highest BCUT2D eigenvalue weighted by atomic mass is 32.1. The van der Waals surface area contributed by atoms with Crippen LogP contribution >= 0.6 is 11.3 Å². The smallest absolute Gasteiger partial charge is 0.266 e. The van der Waals surface area contributed by atoms with Gasteiger partial charge in [0.05, 0.1) is 18.9 Å². The van der Waals surface area contributed by atoms with Crippen LogP contribution in [0.3, 0.4) is 0 Å². The molecule has 1 aromatic heterocycles. The number of carbonyl (C=O) groups is 2. The zero-order chi connectivity index (χ0) is 24.9. The molecular formula is C27H32N4O3S. The third kappa shape index (κ3) is 5.89. The van der Waals surface area contributed by atoms with E-state index in [9.17, 15) is 9.59 Å². The molecule has 2 heterocycles. The lowest BCUT2D eigenvalue weighted by Gasteiger charge is -2.29. The van der Waals surface area contributed by atoms with Crippen LogP contribution in [-0.2, 0) is 9.53 Å². The molecule has 0 bridgehead atoms. The molecule has 1 N–H and O–H groups in total. The summed E-state index contributed by atoms with van der Waals surface area (Å²) < 4.78 is 5.40. The molecule has 3 aromatic rings. The van der Waals surface area contributed by atoms with Gasteiger partial charge in [-0.15, -0.1) is 11.3 Å². The molecule has 184 valence electrons. The SMILES string of the molecule is CCN(CC(=O)Nc1ccc(N2CCOCC2)cc1)C(=O)c1sc(-c2ccc(C)cc2C)nc1C. The first kappa shape index (κ1) is 24.9. The van der Waals surface area contributed by atoms with Crippen LogP contribution in [0.1, 0.15) is 33.4 Å². The van der Waals surface area contributed by atoms with Gasteiger partial charge in [-0.3, -0.25) is 9.59 Å². The maximum Gasteiger partial charge on any atom is 0.266 e. The highest BCUT2D eigenvalue weighted by molar-refractivity contribution is 7.17. The summed E-state index contributed by atoms with van der Waals surface area (Å²) in [6, 6.07) is 14.0. The number of benzene rings is 2. The van der Waals surface area contributed by atoms with E-state index in [1.54, 1.807) is 4.90 Å². The van der Waals surface area contributed by atoms with Gasteiger partial charge in [0.15, 0.2) is 0 Å². The number of aryl methyl sites for hydroxylation is 3. The molecule has 1 aliphatic rings. The van der Waals surface area contributed by atoms with Gasteiger partial charge in [-0.1, -0.05) is 23.8 Å². The van der Waals surface area contributed by atoms with Crippen molar-refractivity contribution >= 4 is 34.5 Å². The zero-order valence-corrected chi connectivity index (χ0v) is 21.6. The van der Waals surface area contributed by atoms with E-state index in [4.69, 9.17) is 4.74 Å². The number of nitrogens with one attached hydrogen (secondary N) is 1. The van der Waals surface area contributed by atoms with E-state index in [0.717, 1.165) is 48.1 Å². The van der Waals surface area contributed by atoms with Crippen LogP contribution in [0.25, 0.3) is 10.6 Å². The number of likely N-dealkylation sites (N-methyl/N-ethyl adjacent to an activating group) is 1. The van der Waals surface area contributed by atoms with Crippen LogP contribution in [0.2, 0.25) is 0 Å². The first-order valence-electron chi connectivity index (χ1n) is 11.9. The molecule has 0 saturated carbocycles. The summed E-state index contributed by atoms with van der Waals surface area (Å²) in [5.74, 6) is -0.396. The van der Waals surface area contributed by atoms with Gasteiger partial charge in [0, 0.05) is 36.6 Å². The van der Waals surface area contributed by atoms with Crippen LogP contribution in [0.4, 0.5) is 11.4 Å². The van der Waals surface area contributed by atoms with Crippen LogP contribution in [0.5, 0.6) is 0 Å². The fraction of sp³-hybridized carbons (Fsp3) is 0.370. The van der Waals surface area contributed by atoms with Gasteiger partial charge >= 0.3 is 0 Å². The fourth-order valence-electron chi connectivity index (χ4n) is 4.19. The van der Waals surface area contributed by atoms with E-state index in [-0.39, 0.29) is 18.4 Å². The maximum absolute atomic E-state index is 13.3. The van der Waals surface area contributed by atoms with Crippen molar-refractivity contribution in [1.82, 2.24) is 9.88 Å². The lowest BCUT2D eigenvalue weighted by Crippen LogP contribution is -2.37. The lowest BCUT2D eigenvalue weighted by atomic mass is 10.1. The second-order valence-corrected chi connectivity index (χ2v) is 9.76. The summed E-state index contributed by atoms with van der Waals surface area (Å²) in [7, 11) is 0. The third-order valence-electron chi connectivity index (χ3n) is 6.13. The number of aromatic nitrogens is 1. The van der Waals surface area contributed by atoms with Crippen molar-refractivity contribution in [2.75, 3.05) is 49.6 Å². The number of hydrogen-bond acceptors (Lipinski definition) is 6. The number of anilines is 2. The molecule has 0 aliphatic carbocycles. The highest BCUT2D eigenvalue weighted by Gasteiger charge is 2.23. The Hall–Kier alpha value is -3.23. The molecule has 1 aliphatic heterocycles. The van der Waals surface area contributed by atoms with Crippen molar-refractivity contribution in [2.24, 2.45) is 0 Å². The van der Waals surface area contributed by atoms with Crippen molar-refractivity contribution in [1.29, 1.82) is 0 Å². The van der Waals surface area contributed by atoms with E-state index in [1.807, 2.05) is 44.2 Å². The average molecular weight is 493 g/mol. The molecular weight excluding hydrogens is 460 g/mol. The molecule has 0 radical (unpaired) electrons. The van der Waals surface area contributed by atoms with E-state index < -0.39 is 0 Å². The van der Waals surface area contributed by atoms with E-state index in [2.05, 4.69) is 41.2 Å². The van der Waals surface area contributed by atoms with Gasteiger partial charge in [-0.05, 0) is 57.5 Å². The van der Waals surface area contributed by atoms with Gasteiger partial charge in [0.25, 0.3) is 5.91 Å². The summed E-state index contributed by atoms with van der Waals surface area (Å²) in [5, 5.41) is 3.74. The largest absolute Gasteiger partial charge is 0.378 e. The van der Waals surface area contributed by atoms with Crippen LogP contribution in [0.15, 0.2) is 42.5 Å². The maximum atomic E-state index is 13.3. The summed E-state index contributed by atoms with van der Waals surface area (Å²) >= 11 is 1.38. The number of rotatable bonds is 7. The Labute approximate surface area is 210 Å². The lowest BCUT2D eigenvalue weighted by molar-refractivity contribution is -0.116. The van der Waals surface area contributed by atoms with Gasteiger partial charge in [-0.2, -0.15) is 0 Å². The Morgan fingerprint density at radius 2 is 1.80 bits per heavy atom. The Bertz CT molecular complexity index is 1200. The van der Waals surface area contributed by atoms with Gasteiger partial charge in [0.2, 0.25) is 5.91 Å². The number of morpholine rings is 1. The predicted octanol–water partition coefficient (Wildman–Crippen LogP) is 4.67. The van der Waals surface area contributed by atoms with Crippen molar-refractivity contribution in [3.05, 3.63) is 64.2 Å². The Morgan fingerprint density at radius 3 is 2.46 bits per heavy atom. The third-order valence-corrected chi connectivity index (χ3v) is 7.31. The Balaban J connectivity index is 1.41. The number of hydrogen-bond donors (Lipinski definition) is 1. The number of thiazole rings is 1. The molecule has 1 fully saturated rings. The van der Waals surface area contributed by atoms with Gasteiger partial charge < -0.3 is 19.9 Å². The Kier molecular flexibility index (Phi) is 7.83. The summed E-state index contributed by atoms with van der Waals surface area (Å²) in [5.41, 5.74) is 5.86. The summed E-state index contributed by atoms with van der Waals surface area (Å²) in [4.78, 5) is 35.1. The molecule has 0 spiro atoms. The molecule has 1 saturated heterocycles. The molecule has 7 nitrogen and oxygen atoms in total. The van der Waals surface area contributed by atoms with Gasteiger partial charge in [0.1, 0.15) is 16.4 Å². The number of amides is 2. The molecule has 0 unspecified atom stereocenters. The van der Waals surface area contributed by atoms with Crippen LogP contribution in [0, 0.1) is 20.8 Å². The average Bonchev–Trinajstić information content (AvgIpc) is 3.24. The van der Waals surface area contributed by atoms with Crippen molar-refractivity contribution in [3.8, 4) is 10.6 Å². The van der Waals surface area contributed by atoms with Gasteiger partial charge in [-0.25, -0.2) is 4.98 Å². The molecule has 2 amide bonds. The minimum Gasteiger partial charge on any atom is -0.378 e. The standard InChI is InChI=1S/C27H32N4O3S/c1-5-30(17-24(32)29-21-7-9-22(10-8-21)31-12-14-34-15-13-31)27(33)25-20(4)28-26(35-25)23-11-6-18(2)16-19(23)3/h6-11,16H,5,12-15,17H2,1-4H3,(H,29,32). The molecule has 0 atom stereocenters. The summed E-state index contributed by atoms with van der Waals surface area (Å²) in [6.45, 7) is 11.4. The quantitative estimate of drug-likeness (QED) is 0.519. The van der Waals surface area contributed by atoms with Crippen molar-refractivity contribution in [3.63, 3.8) is 0 Å². The number of ether oxygens (including phenoxy) is 1. The first-order valence-corrected chi connectivity index (χ1v) is 12.7. The molecule has 8 heteroatoms. The fourth-order valence-corrected chi connectivity index (χ4v) is 5.31. The van der Waals surface area contributed by atoms with Crippen molar-refractivity contribution in [2.45, 2.75) is 27.7 Å².